The van der Waals surface area contributed by atoms with Gasteiger partial charge in [0.25, 0.3) is 0 Å². The number of nitrogens with zero attached hydrogens (tertiary/aromatic N) is 1. The topological polar surface area (TPSA) is 3.24 Å². The first-order valence-corrected chi connectivity index (χ1v) is 20.6. The molecule has 0 aliphatic rings. The van der Waals surface area contributed by atoms with Crippen LogP contribution < -0.4 is 4.90 Å². The second-order valence-electron chi connectivity index (χ2n) is 14.9. The Balaban J connectivity index is 1.10. The van der Waals surface area contributed by atoms with Crippen molar-refractivity contribution in [2.45, 2.75) is 0 Å². The van der Waals surface area contributed by atoms with Crippen LogP contribution in [-0.4, -0.2) is 0 Å². The second kappa shape index (κ2) is 14.4. The van der Waals surface area contributed by atoms with Gasteiger partial charge in [-0.3, -0.25) is 0 Å². The van der Waals surface area contributed by atoms with Gasteiger partial charge >= 0.3 is 0 Å². The summed E-state index contributed by atoms with van der Waals surface area (Å²) in [5.41, 5.74) is 13.2. The monoisotopic (exact) mass is 755 g/mol. The highest BCUT2D eigenvalue weighted by Gasteiger charge is 2.21. The third-order valence-corrected chi connectivity index (χ3v) is 12.7. The molecule has 11 rings (SSSR count). The highest BCUT2D eigenvalue weighted by molar-refractivity contribution is 7.27. The summed E-state index contributed by atoms with van der Waals surface area (Å²) >= 11 is 1.89. The van der Waals surface area contributed by atoms with E-state index in [0.29, 0.717) is 0 Å². The van der Waals surface area contributed by atoms with E-state index in [2.05, 4.69) is 229 Å². The molecule has 0 atom stereocenters. The molecule has 58 heavy (non-hydrogen) atoms. The van der Waals surface area contributed by atoms with E-state index in [4.69, 9.17) is 0 Å². The lowest BCUT2D eigenvalue weighted by atomic mass is 9.96. The van der Waals surface area contributed by atoms with Gasteiger partial charge in [0.2, 0.25) is 0 Å². The van der Waals surface area contributed by atoms with Crippen molar-refractivity contribution in [3.8, 4) is 44.5 Å². The molecule has 1 heterocycles. The number of rotatable bonds is 7. The van der Waals surface area contributed by atoms with E-state index in [-0.39, 0.29) is 0 Å². The molecule has 0 N–H and O–H groups in total. The minimum atomic E-state index is 1.11. The summed E-state index contributed by atoms with van der Waals surface area (Å²) in [7, 11) is 0. The van der Waals surface area contributed by atoms with Gasteiger partial charge in [-0.2, -0.15) is 0 Å². The molecule has 0 radical (unpaired) electrons. The quantitative estimate of drug-likeness (QED) is 0.157. The van der Waals surface area contributed by atoms with Gasteiger partial charge in [-0.05, 0) is 109 Å². The summed E-state index contributed by atoms with van der Waals surface area (Å²) in [6, 6.07) is 81.9. The van der Waals surface area contributed by atoms with Gasteiger partial charge < -0.3 is 4.90 Å². The van der Waals surface area contributed by atoms with Gasteiger partial charge in [0, 0.05) is 32.4 Å². The van der Waals surface area contributed by atoms with E-state index in [1.807, 2.05) is 11.3 Å². The molecular weight excluding hydrogens is 719 g/mol. The maximum atomic E-state index is 2.44. The van der Waals surface area contributed by atoms with Gasteiger partial charge in [-0.1, -0.05) is 176 Å². The predicted molar refractivity (Wildman–Crippen MR) is 251 cm³/mol. The van der Waals surface area contributed by atoms with E-state index in [1.54, 1.807) is 0 Å². The van der Waals surface area contributed by atoms with Crippen molar-refractivity contribution in [3.63, 3.8) is 0 Å². The number of thiophene rings is 1. The number of hydrogen-bond acceptors (Lipinski definition) is 2. The number of anilines is 3. The number of benzene rings is 10. The minimum Gasteiger partial charge on any atom is -0.309 e. The third kappa shape index (κ3) is 6.03. The van der Waals surface area contributed by atoms with E-state index in [1.165, 1.54) is 86.2 Å². The fraction of sp³-hybridized carbons (Fsp3) is 0. The molecule has 0 saturated carbocycles. The zero-order valence-electron chi connectivity index (χ0n) is 31.7. The van der Waals surface area contributed by atoms with Crippen molar-refractivity contribution >= 4 is 70.1 Å². The van der Waals surface area contributed by atoms with E-state index in [0.717, 1.165) is 17.1 Å². The maximum Gasteiger partial charge on any atom is 0.0640 e. The lowest BCUT2D eigenvalue weighted by Crippen LogP contribution is -2.10. The van der Waals surface area contributed by atoms with Gasteiger partial charge in [0.1, 0.15) is 0 Å². The molecule has 0 bridgehead atoms. The summed E-state index contributed by atoms with van der Waals surface area (Å²) in [4.78, 5) is 2.44. The summed E-state index contributed by atoms with van der Waals surface area (Å²) in [5, 5.41) is 7.55. The third-order valence-electron chi connectivity index (χ3n) is 11.4. The Morgan fingerprint density at radius 1 is 0.276 bits per heavy atom. The maximum absolute atomic E-state index is 2.44. The largest absolute Gasteiger partial charge is 0.309 e. The molecule has 2 heteroatoms. The molecule has 0 unspecified atom stereocenters. The van der Waals surface area contributed by atoms with Crippen LogP contribution >= 0.6 is 11.3 Å². The normalized spacial score (nSPS) is 11.4. The van der Waals surface area contributed by atoms with Crippen LogP contribution in [0.5, 0.6) is 0 Å². The van der Waals surface area contributed by atoms with Crippen molar-refractivity contribution in [3.05, 3.63) is 224 Å². The Kier molecular flexibility index (Phi) is 8.42. The average molecular weight is 756 g/mol. The highest BCUT2D eigenvalue weighted by atomic mass is 32.1. The molecule has 1 aromatic heterocycles. The highest BCUT2D eigenvalue weighted by Crippen LogP contribution is 2.48. The van der Waals surface area contributed by atoms with Crippen molar-refractivity contribution in [1.29, 1.82) is 0 Å². The van der Waals surface area contributed by atoms with Gasteiger partial charge in [0.15, 0.2) is 0 Å². The van der Waals surface area contributed by atoms with Crippen LogP contribution in [0.3, 0.4) is 0 Å². The van der Waals surface area contributed by atoms with Crippen molar-refractivity contribution in [1.82, 2.24) is 0 Å². The van der Waals surface area contributed by atoms with Crippen LogP contribution in [0.2, 0.25) is 0 Å². The Morgan fingerprint density at radius 2 is 0.828 bits per heavy atom. The summed E-state index contributed by atoms with van der Waals surface area (Å²) in [6.07, 6.45) is 0. The van der Waals surface area contributed by atoms with E-state index in [9.17, 15) is 0 Å². The zero-order chi connectivity index (χ0) is 38.4. The van der Waals surface area contributed by atoms with Crippen LogP contribution in [0.25, 0.3) is 86.2 Å². The lowest BCUT2D eigenvalue weighted by molar-refractivity contribution is 1.30. The Morgan fingerprint density at radius 3 is 1.59 bits per heavy atom. The summed E-state index contributed by atoms with van der Waals surface area (Å²) in [5.74, 6) is 0. The summed E-state index contributed by atoms with van der Waals surface area (Å²) < 4.78 is 2.56. The van der Waals surface area contributed by atoms with Crippen molar-refractivity contribution in [2.75, 3.05) is 4.90 Å². The molecule has 272 valence electrons. The van der Waals surface area contributed by atoms with Crippen LogP contribution in [-0.2, 0) is 0 Å². The fourth-order valence-corrected chi connectivity index (χ4v) is 9.88. The van der Waals surface area contributed by atoms with E-state index >= 15 is 0 Å². The molecule has 10 aromatic carbocycles. The first kappa shape index (κ1) is 34.0. The van der Waals surface area contributed by atoms with Gasteiger partial charge in [-0.15, -0.1) is 11.3 Å². The van der Waals surface area contributed by atoms with Crippen molar-refractivity contribution < 1.29 is 0 Å². The molecule has 0 saturated heterocycles. The average Bonchev–Trinajstić information content (AvgIpc) is 3.69. The lowest BCUT2D eigenvalue weighted by Gasteiger charge is -2.26. The van der Waals surface area contributed by atoms with Gasteiger partial charge in [-0.25, -0.2) is 0 Å². The van der Waals surface area contributed by atoms with Crippen LogP contribution in [0.4, 0.5) is 17.1 Å². The van der Waals surface area contributed by atoms with Crippen LogP contribution in [0.1, 0.15) is 0 Å². The summed E-state index contributed by atoms with van der Waals surface area (Å²) in [6.45, 7) is 0. The standard InChI is InChI=1S/C56H37NS/c1-3-13-38(14-4-1)46-36-52(42-16-5-2-6-17-42)55-53(37-46)51-23-12-24-54(56(51)58-55)57(47-31-27-40(28-32-47)45-26-25-39-15-7-8-19-44(39)35-45)48-33-29-43(30-34-48)50-22-11-20-41-18-9-10-21-49(41)50/h1-37H. The molecular formula is C56H37NS. The Labute approximate surface area is 342 Å². The second-order valence-corrected chi connectivity index (χ2v) is 15.9. The van der Waals surface area contributed by atoms with Crippen molar-refractivity contribution in [2.24, 2.45) is 0 Å². The molecule has 11 aromatic rings. The zero-order valence-corrected chi connectivity index (χ0v) is 32.5. The molecule has 0 aliphatic heterocycles. The number of fused-ring (bicyclic) bond motifs is 5. The van der Waals surface area contributed by atoms with E-state index < -0.39 is 0 Å². The van der Waals surface area contributed by atoms with Gasteiger partial charge in [0.05, 0.1) is 10.4 Å². The first-order chi connectivity index (χ1) is 28.7. The molecule has 0 fully saturated rings. The first-order valence-electron chi connectivity index (χ1n) is 19.8. The molecule has 1 nitrogen and oxygen atoms in total. The minimum absolute atomic E-state index is 1.11. The number of hydrogen-bond donors (Lipinski definition) is 0. The predicted octanol–water partition coefficient (Wildman–Crippen LogP) is 16.5. The molecule has 0 aliphatic carbocycles. The smallest absolute Gasteiger partial charge is 0.0640 e. The molecule has 0 amide bonds. The Hall–Kier alpha value is -7.26. The SMILES string of the molecule is c1ccc(-c2cc(-c3ccccc3)c3sc4c(N(c5ccc(-c6ccc7ccccc7c6)cc5)c5ccc(-c6cccc7ccccc67)cc5)cccc4c3c2)cc1. The molecule has 0 spiro atoms. The van der Waals surface area contributed by atoms with Crippen LogP contribution in [0.15, 0.2) is 224 Å². The van der Waals surface area contributed by atoms with Crippen LogP contribution in [0, 0.1) is 0 Å². The fourth-order valence-electron chi connectivity index (χ4n) is 8.56. The Bertz CT molecular complexity index is 3250.